The molecule has 0 aromatic carbocycles. The number of esters is 1. The summed E-state index contributed by atoms with van der Waals surface area (Å²) in [4.78, 5) is 26.0. The van der Waals surface area contributed by atoms with Crippen LogP contribution in [-0.2, 0) is 16.1 Å². The summed E-state index contributed by atoms with van der Waals surface area (Å²) in [6.07, 6.45) is 4.08. The van der Waals surface area contributed by atoms with Crippen molar-refractivity contribution in [2.45, 2.75) is 53.0 Å². The van der Waals surface area contributed by atoms with E-state index in [1.165, 1.54) is 12.8 Å². The number of hydrogen-bond donors (Lipinski definition) is 0. The third-order valence-electron chi connectivity index (χ3n) is 6.15. The van der Waals surface area contributed by atoms with E-state index < -0.39 is 0 Å². The van der Waals surface area contributed by atoms with Crippen molar-refractivity contribution < 1.29 is 9.53 Å². The van der Waals surface area contributed by atoms with Crippen LogP contribution in [0.2, 0.25) is 0 Å². The first-order valence-corrected chi connectivity index (χ1v) is 10.9. The zero-order valence-electron chi connectivity index (χ0n) is 17.8. The molecule has 8 heteroatoms. The van der Waals surface area contributed by atoms with Gasteiger partial charge in [0.1, 0.15) is 5.82 Å². The van der Waals surface area contributed by atoms with Crippen molar-refractivity contribution in [1.82, 2.24) is 24.5 Å². The van der Waals surface area contributed by atoms with Gasteiger partial charge in [0.05, 0.1) is 19.1 Å². The van der Waals surface area contributed by atoms with Crippen LogP contribution in [0.25, 0.3) is 5.78 Å². The maximum atomic E-state index is 11.9. The fourth-order valence-electron chi connectivity index (χ4n) is 4.33. The molecule has 8 nitrogen and oxygen atoms in total. The fourth-order valence-corrected chi connectivity index (χ4v) is 4.33. The minimum atomic E-state index is -0.0572. The fraction of sp³-hybridized carbons (Fsp3) is 0.714. The van der Waals surface area contributed by atoms with Crippen molar-refractivity contribution in [3.8, 4) is 0 Å². The van der Waals surface area contributed by atoms with Gasteiger partial charge in [0.2, 0.25) is 0 Å². The molecule has 0 N–H and O–H groups in total. The van der Waals surface area contributed by atoms with Crippen molar-refractivity contribution in [3.63, 3.8) is 0 Å². The normalized spacial score (nSPS) is 19.8. The van der Waals surface area contributed by atoms with E-state index in [1.807, 2.05) is 18.4 Å². The van der Waals surface area contributed by atoms with Crippen LogP contribution in [0.3, 0.4) is 0 Å². The topological polar surface area (TPSA) is 75.9 Å². The highest BCUT2D eigenvalue weighted by Gasteiger charge is 2.27. The third kappa shape index (κ3) is 4.52. The Kier molecular flexibility index (Phi) is 5.99. The lowest BCUT2D eigenvalue weighted by Crippen LogP contribution is -2.36. The van der Waals surface area contributed by atoms with Gasteiger partial charge in [-0.3, -0.25) is 9.69 Å². The smallest absolute Gasteiger partial charge is 0.309 e. The zero-order chi connectivity index (χ0) is 20.4. The Hall–Kier alpha value is -2.22. The minimum absolute atomic E-state index is 0.0256. The van der Waals surface area contributed by atoms with E-state index in [0.717, 1.165) is 62.3 Å². The van der Waals surface area contributed by atoms with Crippen LogP contribution in [0.15, 0.2) is 6.07 Å². The van der Waals surface area contributed by atoms with Crippen molar-refractivity contribution in [2.75, 3.05) is 37.7 Å². The SMILES string of the molecule is CCOC(=O)C1CCN(Cc2nc3nc(C)cc(N4CCC(C)CC4)n3n2)CC1. The average Bonchev–Trinajstić information content (AvgIpc) is 3.11. The number of carbonyl (C=O) groups excluding carboxylic acids is 1. The van der Waals surface area contributed by atoms with Crippen LogP contribution in [-0.4, -0.2) is 63.2 Å². The molecular formula is C21H32N6O2. The summed E-state index contributed by atoms with van der Waals surface area (Å²) in [5, 5.41) is 4.79. The van der Waals surface area contributed by atoms with Gasteiger partial charge in [0, 0.05) is 24.8 Å². The Bertz CT molecular complexity index is 850. The molecule has 2 aliphatic heterocycles. The molecular weight excluding hydrogens is 368 g/mol. The number of fused-ring (bicyclic) bond motifs is 1. The number of ether oxygens (including phenoxy) is 1. The van der Waals surface area contributed by atoms with Gasteiger partial charge >= 0.3 is 5.97 Å². The van der Waals surface area contributed by atoms with Gasteiger partial charge in [0.25, 0.3) is 5.78 Å². The molecule has 4 rings (SSSR count). The number of rotatable bonds is 5. The summed E-state index contributed by atoms with van der Waals surface area (Å²) < 4.78 is 7.07. The number of nitrogens with zero attached hydrogens (tertiary/aromatic N) is 6. The van der Waals surface area contributed by atoms with E-state index in [2.05, 4.69) is 27.8 Å². The standard InChI is InChI=1S/C21H32N6O2/c1-4-29-20(28)17-7-9-25(10-8-17)14-18-23-21-22-16(3)13-19(27(21)24-18)26-11-5-15(2)6-12-26/h13,15,17H,4-12,14H2,1-3H3. The molecule has 2 aromatic rings. The first kappa shape index (κ1) is 20.1. The first-order chi connectivity index (χ1) is 14.0. The van der Waals surface area contributed by atoms with E-state index >= 15 is 0 Å². The van der Waals surface area contributed by atoms with Gasteiger partial charge in [-0.2, -0.15) is 9.50 Å². The molecule has 2 aromatic heterocycles. The quantitative estimate of drug-likeness (QED) is 0.714. The molecule has 0 amide bonds. The highest BCUT2D eigenvalue weighted by atomic mass is 16.5. The maximum absolute atomic E-state index is 11.9. The summed E-state index contributed by atoms with van der Waals surface area (Å²) in [5.74, 6) is 3.32. The highest BCUT2D eigenvalue weighted by Crippen LogP contribution is 2.24. The van der Waals surface area contributed by atoms with Gasteiger partial charge in [-0.25, -0.2) is 4.98 Å². The van der Waals surface area contributed by atoms with E-state index in [1.54, 1.807) is 0 Å². The second kappa shape index (κ2) is 8.65. The number of hydrogen-bond acceptors (Lipinski definition) is 7. The molecule has 0 atom stereocenters. The van der Waals surface area contributed by atoms with Crippen LogP contribution >= 0.6 is 0 Å². The minimum Gasteiger partial charge on any atom is -0.466 e. The summed E-state index contributed by atoms with van der Waals surface area (Å²) in [7, 11) is 0. The summed E-state index contributed by atoms with van der Waals surface area (Å²) >= 11 is 0. The van der Waals surface area contributed by atoms with Gasteiger partial charge in [-0.05, 0) is 58.5 Å². The van der Waals surface area contributed by atoms with Crippen LogP contribution in [0.1, 0.15) is 51.0 Å². The molecule has 0 saturated carbocycles. The Balaban J connectivity index is 1.45. The van der Waals surface area contributed by atoms with Crippen molar-refractivity contribution >= 4 is 17.6 Å². The predicted molar refractivity (Wildman–Crippen MR) is 111 cm³/mol. The highest BCUT2D eigenvalue weighted by molar-refractivity contribution is 5.72. The summed E-state index contributed by atoms with van der Waals surface area (Å²) in [6.45, 7) is 11.2. The molecule has 0 bridgehead atoms. The maximum Gasteiger partial charge on any atom is 0.309 e. The Labute approximate surface area is 172 Å². The number of aryl methyl sites for hydroxylation is 1. The first-order valence-electron chi connectivity index (χ1n) is 10.9. The second-order valence-electron chi connectivity index (χ2n) is 8.47. The third-order valence-corrected chi connectivity index (χ3v) is 6.15. The number of likely N-dealkylation sites (tertiary alicyclic amines) is 1. The van der Waals surface area contributed by atoms with Crippen LogP contribution < -0.4 is 4.90 Å². The molecule has 2 fully saturated rings. The summed E-state index contributed by atoms with van der Waals surface area (Å²) in [5.41, 5.74) is 0.973. The second-order valence-corrected chi connectivity index (χ2v) is 8.47. The number of piperidine rings is 2. The monoisotopic (exact) mass is 400 g/mol. The van der Waals surface area contributed by atoms with Crippen LogP contribution in [0.5, 0.6) is 0 Å². The van der Waals surface area contributed by atoms with Crippen LogP contribution in [0.4, 0.5) is 5.82 Å². The van der Waals surface area contributed by atoms with Crippen molar-refractivity contribution in [2.24, 2.45) is 11.8 Å². The molecule has 158 valence electrons. The Morgan fingerprint density at radius 2 is 1.86 bits per heavy atom. The molecule has 29 heavy (non-hydrogen) atoms. The largest absolute Gasteiger partial charge is 0.466 e. The van der Waals surface area contributed by atoms with Crippen LogP contribution in [0, 0.1) is 18.8 Å². The van der Waals surface area contributed by atoms with E-state index in [4.69, 9.17) is 14.8 Å². The molecule has 0 aliphatic carbocycles. The van der Waals surface area contributed by atoms with E-state index in [0.29, 0.717) is 18.9 Å². The van der Waals surface area contributed by atoms with Gasteiger partial charge in [-0.1, -0.05) is 6.92 Å². The van der Waals surface area contributed by atoms with E-state index in [9.17, 15) is 4.79 Å². The number of anilines is 1. The molecule has 0 radical (unpaired) electrons. The zero-order valence-corrected chi connectivity index (χ0v) is 17.8. The average molecular weight is 401 g/mol. The molecule has 0 unspecified atom stereocenters. The predicted octanol–water partition coefficient (Wildman–Crippen LogP) is 2.44. The number of carbonyl (C=O) groups is 1. The van der Waals surface area contributed by atoms with Gasteiger partial charge < -0.3 is 9.64 Å². The molecule has 0 spiro atoms. The van der Waals surface area contributed by atoms with Crippen molar-refractivity contribution in [3.05, 3.63) is 17.6 Å². The lowest BCUT2D eigenvalue weighted by Gasteiger charge is -2.32. The number of aromatic nitrogens is 4. The summed E-state index contributed by atoms with van der Waals surface area (Å²) in [6, 6.07) is 2.12. The molecule has 2 aliphatic rings. The van der Waals surface area contributed by atoms with Crippen molar-refractivity contribution in [1.29, 1.82) is 0 Å². The van der Waals surface area contributed by atoms with E-state index in [-0.39, 0.29) is 11.9 Å². The lowest BCUT2D eigenvalue weighted by atomic mass is 9.97. The Morgan fingerprint density at radius 1 is 1.14 bits per heavy atom. The molecule has 2 saturated heterocycles. The molecule has 4 heterocycles. The van der Waals surface area contributed by atoms with Gasteiger partial charge in [0.15, 0.2) is 5.82 Å². The van der Waals surface area contributed by atoms with Gasteiger partial charge in [-0.15, -0.1) is 5.10 Å². The Morgan fingerprint density at radius 3 is 2.55 bits per heavy atom. The lowest BCUT2D eigenvalue weighted by molar-refractivity contribution is -0.149.